The summed E-state index contributed by atoms with van der Waals surface area (Å²) in [5.74, 6) is 2.50. The van der Waals surface area contributed by atoms with Crippen molar-refractivity contribution in [2.24, 2.45) is 5.73 Å². The zero-order chi connectivity index (χ0) is 15.7. The molecule has 2 N–H and O–H groups in total. The monoisotopic (exact) mass is 298 g/mol. The molecule has 1 aromatic carbocycles. The summed E-state index contributed by atoms with van der Waals surface area (Å²) in [6.45, 7) is 5.60. The smallest absolute Gasteiger partial charge is 0.165 e. The number of hydrogen-bond acceptors (Lipinski definition) is 5. The topological polar surface area (TPSA) is 64.3 Å². The van der Waals surface area contributed by atoms with Crippen molar-refractivity contribution in [2.45, 2.75) is 26.4 Å². The van der Waals surface area contributed by atoms with Crippen molar-refractivity contribution in [3.05, 3.63) is 35.5 Å². The first kappa shape index (κ1) is 14.8. The number of ether oxygens (including phenoxy) is 1. The third-order valence-electron chi connectivity index (χ3n) is 4.05. The van der Waals surface area contributed by atoms with Gasteiger partial charge in [0.25, 0.3) is 0 Å². The molecule has 0 aliphatic carbocycles. The van der Waals surface area contributed by atoms with Crippen molar-refractivity contribution in [1.29, 1.82) is 0 Å². The average molecular weight is 298 g/mol. The van der Waals surface area contributed by atoms with Gasteiger partial charge < -0.3 is 15.4 Å². The quantitative estimate of drug-likeness (QED) is 0.937. The van der Waals surface area contributed by atoms with E-state index < -0.39 is 0 Å². The second-order valence-corrected chi connectivity index (χ2v) is 5.73. The van der Waals surface area contributed by atoms with E-state index in [9.17, 15) is 0 Å². The average Bonchev–Trinajstić information content (AvgIpc) is 2.96. The van der Waals surface area contributed by atoms with Gasteiger partial charge in [-0.2, -0.15) is 0 Å². The van der Waals surface area contributed by atoms with Gasteiger partial charge in [-0.3, -0.25) is 0 Å². The van der Waals surface area contributed by atoms with Gasteiger partial charge in [0.2, 0.25) is 0 Å². The van der Waals surface area contributed by atoms with Crippen LogP contribution in [-0.2, 0) is 6.42 Å². The number of nitrogens with two attached hydrogens (primary N) is 1. The maximum Gasteiger partial charge on any atom is 0.165 e. The van der Waals surface area contributed by atoms with Crippen LogP contribution in [0.1, 0.15) is 18.1 Å². The zero-order valence-electron chi connectivity index (χ0n) is 13.3. The van der Waals surface area contributed by atoms with Crippen LogP contribution in [0.4, 0.5) is 5.82 Å². The number of benzene rings is 1. The molecule has 0 amide bonds. The third-order valence-corrected chi connectivity index (χ3v) is 4.05. The van der Waals surface area contributed by atoms with Gasteiger partial charge in [-0.25, -0.2) is 9.97 Å². The van der Waals surface area contributed by atoms with Gasteiger partial charge in [0.1, 0.15) is 17.7 Å². The highest BCUT2D eigenvalue weighted by Gasteiger charge is 2.26. The van der Waals surface area contributed by atoms with E-state index in [1.165, 1.54) is 11.1 Å². The molecule has 5 nitrogen and oxygen atoms in total. The van der Waals surface area contributed by atoms with Crippen molar-refractivity contribution in [1.82, 2.24) is 9.97 Å². The van der Waals surface area contributed by atoms with Crippen LogP contribution in [-0.4, -0.2) is 36.2 Å². The summed E-state index contributed by atoms with van der Waals surface area (Å²) >= 11 is 0. The lowest BCUT2D eigenvalue weighted by molar-refractivity contribution is 0.242. The Kier molecular flexibility index (Phi) is 3.98. The minimum absolute atomic E-state index is 0.0528. The van der Waals surface area contributed by atoms with Gasteiger partial charge in [0, 0.05) is 32.8 Å². The van der Waals surface area contributed by atoms with Crippen molar-refractivity contribution < 1.29 is 4.74 Å². The van der Waals surface area contributed by atoms with Gasteiger partial charge in [-0.1, -0.05) is 6.07 Å². The Balaban J connectivity index is 2.06. The van der Waals surface area contributed by atoms with E-state index in [0.29, 0.717) is 12.4 Å². The van der Waals surface area contributed by atoms with Crippen molar-refractivity contribution in [3.63, 3.8) is 0 Å². The number of hydrogen-bond donors (Lipinski definition) is 1. The van der Waals surface area contributed by atoms with E-state index in [2.05, 4.69) is 40.8 Å². The fourth-order valence-corrected chi connectivity index (χ4v) is 2.74. The maximum atomic E-state index is 6.00. The Labute approximate surface area is 131 Å². The van der Waals surface area contributed by atoms with Gasteiger partial charge in [0.15, 0.2) is 5.82 Å². The summed E-state index contributed by atoms with van der Waals surface area (Å²) in [4.78, 5) is 11.2. The number of aryl methyl sites for hydroxylation is 1. The van der Waals surface area contributed by atoms with Crippen molar-refractivity contribution >= 4 is 5.82 Å². The van der Waals surface area contributed by atoms with Crippen LogP contribution in [0.25, 0.3) is 11.4 Å². The molecule has 0 saturated heterocycles. The Morgan fingerprint density at radius 3 is 2.95 bits per heavy atom. The second kappa shape index (κ2) is 5.93. The van der Waals surface area contributed by atoms with Crippen LogP contribution in [0.5, 0.6) is 5.75 Å². The van der Waals surface area contributed by atoms with Crippen LogP contribution in [0.15, 0.2) is 24.4 Å². The number of fused-ring (bicyclic) bond motifs is 1. The van der Waals surface area contributed by atoms with Gasteiger partial charge in [-0.15, -0.1) is 0 Å². The molecule has 1 unspecified atom stereocenters. The fraction of sp³-hybridized carbons (Fsp3) is 0.412. The van der Waals surface area contributed by atoms with Gasteiger partial charge >= 0.3 is 0 Å². The summed E-state index contributed by atoms with van der Waals surface area (Å²) in [7, 11) is 2.02. The predicted molar refractivity (Wildman–Crippen MR) is 88.3 cm³/mol. The first-order valence-corrected chi connectivity index (χ1v) is 7.67. The molecule has 0 bridgehead atoms. The molecular weight excluding hydrogens is 276 g/mol. The molecule has 0 spiro atoms. The second-order valence-electron chi connectivity index (χ2n) is 5.73. The largest absolute Gasteiger partial charge is 0.488 e. The van der Waals surface area contributed by atoms with E-state index >= 15 is 0 Å². The normalized spacial score (nSPS) is 16.3. The zero-order valence-corrected chi connectivity index (χ0v) is 13.3. The van der Waals surface area contributed by atoms with Crippen molar-refractivity contribution in [2.75, 3.05) is 25.0 Å². The molecule has 2 heterocycles. The molecule has 5 heteroatoms. The molecular formula is C17H22N4O. The molecule has 1 atom stereocenters. The Hall–Kier alpha value is -2.14. The SMILES string of the molecule is CCN(C)c1ccnc(-c2cc(C)cc3c2OC(CN)C3)n1. The molecule has 116 valence electrons. The highest BCUT2D eigenvalue weighted by molar-refractivity contribution is 5.69. The fourth-order valence-electron chi connectivity index (χ4n) is 2.74. The maximum absolute atomic E-state index is 6.00. The summed E-state index contributed by atoms with van der Waals surface area (Å²) in [6.07, 6.45) is 2.71. The third kappa shape index (κ3) is 2.64. The molecule has 1 aliphatic rings. The molecule has 0 radical (unpaired) electrons. The van der Waals surface area contributed by atoms with Crippen LogP contribution >= 0.6 is 0 Å². The number of aromatic nitrogens is 2. The Bertz CT molecular complexity index is 686. The van der Waals surface area contributed by atoms with Crippen LogP contribution < -0.4 is 15.4 Å². The molecule has 0 saturated carbocycles. The van der Waals surface area contributed by atoms with E-state index in [1.54, 1.807) is 6.20 Å². The van der Waals surface area contributed by atoms with Gasteiger partial charge in [0.05, 0.1) is 5.56 Å². The Morgan fingerprint density at radius 2 is 2.23 bits per heavy atom. The highest BCUT2D eigenvalue weighted by atomic mass is 16.5. The minimum atomic E-state index is 0.0528. The number of nitrogens with zero attached hydrogens (tertiary/aromatic N) is 3. The van der Waals surface area contributed by atoms with Gasteiger partial charge in [-0.05, 0) is 37.1 Å². The number of rotatable bonds is 4. The summed E-state index contributed by atoms with van der Waals surface area (Å²) < 4.78 is 6.00. The predicted octanol–water partition coefficient (Wildman–Crippen LogP) is 2.17. The Morgan fingerprint density at radius 1 is 1.41 bits per heavy atom. The van der Waals surface area contributed by atoms with E-state index in [-0.39, 0.29) is 6.10 Å². The molecule has 0 fully saturated rings. The van der Waals surface area contributed by atoms with Crippen LogP contribution in [0.3, 0.4) is 0 Å². The summed E-state index contributed by atoms with van der Waals surface area (Å²) in [5, 5.41) is 0. The van der Waals surface area contributed by atoms with Crippen molar-refractivity contribution in [3.8, 4) is 17.1 Å². The molecule has 1 aromatic heterocycles. The highest BCUT2D eigenvalue weighted by Crippen LogP contribution is 2.38. The van der Waals surface area contributed by atoms with Crippen LogP contribution in [0.2, 0.25) is 0 Å². The standard InChI is InChI=1S/C17H22N4O/c1-4-21(3)15-5-6-19-17(20-15)14-8-11(2)7-12-9-13(10-18)22-16(12)14/h5-8,13H,4,9-10,18H2,1-3H3. The molecule has 22 heavy (non-hydrogen) atoms. The molecule has 2 aromatic rings. The van der Waals surface area contributed by atoms with E-state index in [4.69, 9.17) is 10.5 Å². The lowest BCUT2D eigenvalue weighted by Crippen LogP contribution is -2.24. The minimum Gasteiger partial charge on any atom is -0.488 e. The first-order valence-electron chi connectivity index (χ1n) is 7.67. The molecule has 3 rings (SSSR count). The lowest BCUT2D eigenvalue weighted by Gasteiger charge is -2.16. The van der Waals surface area contributed by atoms with E-state index in [0.717, 1.165) is 30.1 Å². The van der Waals surface area contributed by atoms with Crippen LogP contribution in [0, 0.1) is 6.92 Å². The number of anilines is 1. The lowest BCUT2D eigenvalue weighted by atomic mass is 10.0. The van der Waals surface area contributed by atoms with E-state index in [1.807, 2.05) is 13.1 Å². The molecule has 1 aliphatic heterocycles. The summed E-state index contributed by atoms with van der Waals surface area (Å²) in [5.41, 5.74) is 9.10. The first-order chi connectivity index (χ1) is 10.6. The summed E-state index contributed by atoms with van der Waals surface area (Å²) in [6, 6.07) is 6.17.